The lowest BCUT2D eigenvalue weighted by Gasteiger charge is -2.35. The Labute approximate surface area is 338 Å². The summed E-state index contributed by atoms with van der Waals surface area (Å²) in [5, 5.41) is 10.8. The topological polar surface area (TPSA) is 9.86 Å². The summed E-state index contributed by atoms with van der Waals surface area (Å²) in [5.74, 6) is 0. The largest absolute Gasteiger partial charge is 0.310 e. The second-order valence-electron chi connectivity index (χ2n) is 17.1. The van der Waals surface area contributed by atoms with Crippen molar-refractivity contribution in [1.29, 1.82) is 0 Å². The fraction of sp³-hybridized carbons (Fsp3) is 0. The Hall–Kier alpha value is -7.62. The number of hydrogen-bond donors (Lipinski definition) is 0. The molecule has 0 amide bonds. The number of benzene rings is 10. The SMILES string of the molecule is c1ccc(-c2cc3c4c(c2)-n2c5cccc6c5c5c7c(cccc7cc(c52)B4c2cc4cccc5c4c4c7c(cccc7n-3c24)-c2ccccc2-5)-c2ccccc2-6)cc1. The van der Waals surface area contributed by atoms with Crippen molar-refractivity contribution in [1.82, 2.24) is 9.13 Å². The van der Waals surface area contributed by atoms with Gasteiger partial charge in [0.25, 0.3) is 6.71 Å². The van der Waals surface area contributed by atoms with Crippen molar-refractivity contribution < 1.29 is 0 Å². The summed E-state index contributed by atoms with van der Waals surface area (Å²) in [6.45, 7) is 0.0303. The molecule has 2 nitrogen and oxygen atoms in total. The standard InChI is InChI=1S/C56H29BN2/c1-2-12-30(13-3-1)33-28-46-54-47(29-33)59-45-25-11-23-41-37-19-7-5-17-35(37)39-21-9-15-32-27-43(56(59)53(49(32)39)51(41)45)57(54)42-26-31-14-8-20-38-34-16-4-6-18-36(34)40-22-10-24-44-50(40)52(48(31)38)55(42)58(44)46/h1-29H. The van der Waals surface area contributed by atoms with E-state index in [1.54, 1.807) is 0 Å². The number of rotatable bonds is 1. The van der Waals surface area contributed by atoms with E-state index in [1.165, 1.54) is 149 Å². The maximum absolute atomic E-state index is 2.66. The lowest BCUT2D eigenvalue weighted by atomic mass is 9.34. The van der Waals surface area contributed by atoms with Gasteiger partial charge in [-0.3, -0.25) is 0 Å². The van der Waals surface area contributed by atoms with E-state index in [1.807, 2.05) is 0 Å². The van der Waals surface area contributed by atoms with Gasteiger partial charge >= 0.3 is 0 Å². The van der Waals surface area contributed by atoms with Crippen LogP contribution in [0.25, 0.3) is 132 Å². The van der Waals surface area contributed by atoms with E-state index in [9.17, 15) is 0 Å². The minimum atomic E-state index is 0.0303. The fourth-order valence-electron chi connectivity index (χ4n) is 12.4. The molecule has 0 saturated heterocycles. The zero-order valence-electron chi connectivity index (χ0n) is 31.7. The van der Waals surface area contributed by atoms with Crippen molar-refractivity contribution in [3.8, 4) is 67.0 Å². The quantitative estimate of drug-likeness (QED) is 0.148. The molecule has 4 aliphatic rings. The van der Waals surface area contributed by atoms with E-state index in [2.05, 4.69) is 185 Å². The first kappa shape index (κ1) is 29.6. The number of hydrogen-bond acceptors (Lipinski definition) is 0. The molecular weight excluding hydrogens is 711 g/mol. The Bertz CT molecular complexity index is 3770. The van der Waals surface area contributed by atoms with Crippen LogP contribution < -0.4 is 16.4 Å². The highest BCUT2D eigenvalue weighted by Gasteiger charge is 2.43. The molecule has 266 valence electrons. The molecular formula is C56H29BN2. The van der Waals surface area contributed by atoms with Crippen LogP contribution in [0.3, 0.4) is 0 Å². The van der Waals surface area contributed by atoms with Crippen LogP contribution >= 0.6 is 0 Å². The van der Waals surface area contributed by atoms with Crippen LogP contribution in [0.1, 0.15) is 0 Å². The van der Waals surface area contributed by atoms with Gasteiger partial charge in [-0.05, 0) is 118 Å². The molecule has 0 bridgehead atoms. The van der Waals surface area contributed by atoms with Crippen molar-refractivity contribution in [2.24, 2.45) is 0 Å². The van der Waals surface area contributed by atoms with E-state index in [0.717, 1.165) is 0 Å². The smallest absolute Gasteiger partial charge is 0.252 e. The van der Waals surface area contributed by atoms with Gasteiger partial charge in [0, 0.05) is 32.9 Å². The summed E-state index contributed by atoms with van der Waals surface area (Å²) in [5.41, 5.74) is 24.9. The number of fused-ring (bicyclic) bond motifs is 12. The lowest BCUT2D eigenvalue weighted by molar-refractivity contribution is 1.14. The van der Waals surface area contributed by atoms with Gasteiger partial charge in [0.2, 0.25) is 0 Å². The summed E-state index contributed by atoms with van der Waals surface area (Å²) < 4.78 is 5.32. The highest BCUT2D eigenvalue weighted by molar-refractivity contribution is 7.00. The highest BCUT2D eigenvalue weighted by Crippen LogP contribution is 2.53. The summed E-state index contributed by atoms with van der Waals surface area (Å²) in [7, 11) is 0. The molecule has 12 aromatic rings. The van der Waals surface area contributed by atoms with Gasteiger partial charge in [0.05, 0.1) is 22.1 Å². The Morgan fingerprint density at radius 3 is 1.19 bits per heavy atom. The van der Waals surface area contributed by atoms with Crippen LogP contribution in [-0.2, 0) is 0 Å². The van der Waals surface area contributed by atoms with Crippen molar-refractivity contribution in [2.45, 2.75) is 0 Å². The van der Waals surface area contributed by atoms with Crippen molar-refractivity contribution in [2.75, 3.05) is 0 Å². The van der Waals surface area contributed by atoms with Gasteiger partial charge in [0.15, 0.2) is 0 Å². The van der Waals surface area contributed by atoms with Gasteiger partial charge in [0.1, 0.15) is 0 Å². The molecule has 16 rings (SSSR count). The number of nitrogens with zero attached hydrogens (tertiary/aromatic N) is 2. The third-order valence-electron chi connectivity index (χ3n) is 14.5. The maximum Gasteiger partial charge on any atom is 0.252 e. The minimum Gasteiger partial charge on any atom is -0.310 e. The molecule has 2 aliphatic carbocycles. The molecule has 59 heavy (non-hydrogen) atoms. The first-order chi connectivity index (χ1) is 29.3. The van der Waals surface area contributed by atoms with Gasteiger partial charge in [-0.15, -0.1) is 0 Å². The molecule has 10 aromatic carbocycles. The second-order valence-corrected chi connectivity index (χ2v) is 17.1. The molecule has 2 aliphatic heterocycles. The maximum atomic E-state index is 2.66. The molecule has 0 saturated carbocycles. The lowest BCUT2D eigenvalue weighted by Crippen LogP contribution is -2.59. The minimum absolute atomic E-state index is 0.0303. The normalized spacial score (nSPS) is 13.4. The predicted molar refractivity (Wildman–Crippen MR) is 249 cm³/mol. The molecule has 0 fully saturated rings. The Kier molecular flexibility index (Phi) is 4.97. The third kappa shape index (κ3) is 3.25. The van der Waals surface area contributed by atoms with Crippen LogP contribution in [0.5, 0.6) is 0 Å². The van der Waals surface area contributed by atoms with Crippen molar-refractivity contribution in [3.63, 3.8) is 0 Å². The molecule has 2 aromatic heterocycles. The highest BCUT2D eigenvalue weighted by atomic mass is 15.0. The van der Waals surface area contributed by atoms with Crippen LogP contribution in [0.15, 0.2) is 176 Å². The van der Waals surface area contributed by atoms with Crippen LogP contribution in [-0.4, -0.2) is 15.8 Å². The Balaban J connectivity index is 1.18. The average Bonchev–Trinajstić information content (AvgIpc) is 3.75. The van der Waals surface area contributed by atoms with Crippen LogP contribution in [0.4, 0.5) is 0 Å². The zero-order valence-corrected chi connectivity index (χ0v) is 31.7. The van der Waals surface area contributed by atoms with E-state index in [0.29, 0.717) is 0 Å². The fourth-order valence-corrected chi connectivity index (χ4v) is 12.4. The van der Waals surface area contributed by atoms with Gasteiger partial charge < -0.3 is 9.13 Å². The summed E-state index contributed by atoms with van der Waals surface area (Å²) in [6.07, 6.45) is 0. The summed E-state index contributed by atoms with van der Waals surface area (Å²) >= 11 is 0. The van der Waals surface area contributed by atoms with E-state index < -0.39 is 0 Å². The monoisotopic (exact) mass is 740 g/mol. The van der Waals surface area contributed by atoms with Crippen LogP contribution in [0, 0.1) is 0 Å². The average molecular weight is 741 g/mol. The Morgan fingerprint density at radius 1 is 0.305 bits per heavy atom. The zero-order chi connectivity index (χ0) is 37.8. The molecule has 0 radical (unpaired) electrons. The molecule has 0 atom stereocenters. The molecule has 0 spiro atoms. The van der Waals surface area contributed by atoms with Crippen molar-refractivity contribution in [3.05, 3.63) is 176 Å². The van der Waals surface area contributed by atoms with Gasteiger partial charge in [-0.25, -0.2) is 0 Å². The van der Waals surface area contributed by atoms with Gasteiger partial charge in [-0.1, -0.05) is 152 Å². The van der Waals surface area contributed by atoms with Crippen molar-refractivity contribution >= 4 is 88.3 Å². The first-order valence-electron chi connectivity index (χ1n) is 20.8. The Morgan fingerprint density at radius 2 is 0.712 bits per heavy atom. The van der Waals surface area contributed by atoms with Crippen LogP contribution in [0.2, 0.25) is 0 Å². The number of aromatic nitrogens is 2. The van der Waals surface area contributed by atoms with E-state index >= 15 is 0 Å². The second kappa shape index (κ2) is 9.90. The van der Waals surface area contributed by atoms with E-state index in [-0.39, 0.29) is 6.71 Å². The molecule has 4 heterocycles. The molecule has 3 heteroatoms. The molecule has 0 unspecified atom stereocenters. The summed E-state index contributed by atoms with van der Waals surface area (Å²) in [4.78, 5) is 0. The molecule has 0 N–H and O–H groups in total. The predicted octanol–water partition coefficient (Wildman–Crippen LogP) is 12.3. The first-order valence-corrected chi connectivity index (χ1v) is 20.8. The summed E-state index contributed by atoms with van der Waals surface area (Å²) in [6, 6.07) is 67.2. The van der Waals surface area contributed by atoms with E-state index in [4.69, 9.17) is 0 Å². The third-order valence-corrected chi connectivity index (χ3v) is 14.5. The van der Waals surface area contributed by atoms with Gasteiger partial charge in [-0.2, -0.15) is 0 Å².